The minimum atomic E-state index is -1.62. The molecule has 1 saturated heterocycles. The van der Waals surface area contributed by atoms with Crippen LogP contribution >= 0.6 is 0 Å². The second-order valence-corrected chi connectivity index (χ2v) is 10.1. The van der Waals surface area contributed by atoms with Crippen LogP contribution in [0.3, 0.4) is 0 Å². The highest BCUT2D eigenvalue weighted by Crippen LogP contribution is 2.37. The van der Waals surface area contributed by atoms with E-state index in [0.29, 0.717) is 6.61 Å². The Morgan fingerprint density at radius 2 is 2.00 bits per heavy atom. The van der Waals surface area contributed by atoms with Gasteiger partial charge in [-0.1, -0.05) is 26.7 Å². The highest BCUT2D eigenvalue weighted by molar-refractivity contribution is 6.74. The number of rotatable bonds is 3. The van der Waals surface area contributed by atoms with E-state index in [1.54, 1.807) is 0 Å². The first kappa shape index (κ1) is 11.8. The Hall–Kier alpha value is -0.303. The molecule has 0 bridgehead atoms. The lowest BCUT2D eigenvalue weighted by molar-refractivity contribution is 0.242. The fraction of sp³-hybridized carbons (Fsp3) is 0.818. The SMILES string of the molecule is C#CC1O[C@H]1CO[Si](C)(C)C(C)(C)C. The van der Waals surface area contributed by atoms with Crippen molar-refractivity contribution in [3.63, 3.8) is 0 Å². The molecule has 2 nitrogen and oxygen atoms in total. The second kappa shape index (κ2) is 3.69. The lowest BCUT2D eigenvalue weighted by Crippen LogP contribution is -2.41. The molecule has 0 aromatic rings. The van der Waals surface area contributed by atoms with Crippen molar-refractivity contribution in [2.75, 3.05) is 6.61 Å². The number of ether oxygens (including phenoxy) is 1. The average Bonchev–Trinajstić information content (AvgIpc) is 2.77. The standard InChI is InChI=1S/C11H20O2Si/c1-7-9-10(13-9)8-12-14(5,6)11(2,3)4/h1,9-10H,8H2,2-6H3/t9?,10-/m0/s1. The number of hydrogen-bond acceptors (Lipinski definition) is 2. The molecule has 0 aromatic heterocycles. The Morgan fingerprint density at radius 3 is 2.36 bits per heavy atom. The topological polar surface area (TPSA) is 21.8 Å². The van der Waals surface area contributed by atoms with Crippen molar-refractivity contribution in [2.45, 2.75) is 51.1 Å². The highest BCUT2D eigenvalue weighted by atomic mass is 28.4. The zero-order valence-corrected chi connectivity index (χ0v) is 10.8. The number of hydrogen-bond donors (Lipinski definition) is 0. The van der Waals surface area contributed by atoms with Crippen molar-refractivity contribution < 1.29 is 9.16 Å². The Morgan fingerprint density at radius 1 is 1.43 bits per heavy atom. The van der Waals surface area contributed by atoms with Gasteiger partial charge in [0.05, 0.1) is 6.61 Å². The molecule has 0 radical (unpaired) electrons. The Balaban J connectivity index is 2.35. The van der Waals surface area contributed by atoms with Crippen LogP contribution in [0.25, 0.3) is 0 Å². The van der Waals surface area contributed by atoms with Crippen LogP contribution in [-0.2, 0) is 9.16 Å². The van der Waals surface area contributed by atoms with Gasteiger partial charge in [-0.2, -0.15) is 0 Å². The van der Waals surface area contributed by atoms with E-state index in [2.05, 4.69) is 39.8 Å². The zero-order chi connectivity index (χ0) is 11.0. The third kappa shape index (κ3) is 2.60. The van der Waals surface area contributed by atoms with E-state index >= 15 is 0 Å². The van der Waals surface area contributed by atoms with E-state index in [1.807, 2.05) is 0 Å². The van der Waals surface area contributed by atoms with Gasteiger partial charge < -0.3 is 9.16 Å². The number of terminal acetylenes is 1. The van der Waals surface area contributed by atoms with Gasteiger partial charge in [-0.3, -0.25) is 0 Å². The van der Waals surface area contributed by atoms with Crippen molar-refractivity contribution >= 4 is 8.32 Å². The van der Waals surface area contributed by atoms with E-state index in [1.165, 1.54) is 0 Å². The summed E-state index contributed by atoms with van der Waals surface area (Å²) in [5, 5.41) is 0.257. The van der Waals surface area contributed by atoms with Gasteiger partial charge in [-0.15, -0.1) is 6.42 Å². The maximum absolute atomic E-state index is 5.97. The molecule has 1 aliphatic rings. The van der Waals surface area contributed by atoms with Crippen LogP contribution in [0.5, 0.6) is 0 Å². The first-order chi connectivity index (χ1) is 6.28. The summed E-state index contributed by atoms with van der Waals surface area (Å²) >= 11 is 0. The highest BCUT2D eigenvalue weighted by Gasteiger charge is 2.42. The number of epoxide rings is 1. The molecule has 0 spiro atoms. The monoisotopic (exact) mass is 212 g/mol. The molecule has 1 heterocycles. The molecule has 80 valence electrons. The summed E-state index contributed by atoms with van der Waals surface area (Å²) in [5.41, 5.74) is 0. The Labute approximate surface area is 88.1 Å². The van der Waals surface area contributed by atoms with E-state index in [9.17, 15) is 0 Å². The van der Waals surface area contributed by atoms with Crippen molar-refractivity contribution in [3.05, 3.63) is 0 Å². The molecule has 0 amide bonds. The Kier molecular flexibility index (Phi) is 3.10. The smallest absolute Gasteiger partial charge is 0.192 e. The molecule has 2 atom stereocenters. The average molecular weight is 212 g/mol. The summed E-state index contributed by atoms with van der Waals surface area (Å²) in [7, 11) is -1.62. The van der Waals surface area contributed by atoms with Gasteiger partial charge >= 0.3 is 0 Å². The molecule has 0 aliphatic carbocycles. The molecule has 0 N–H and O–H groups in total. The van der Waals surface area contributed by atoms with Crippen LogP contribution in [-0.4, -0.2) is 27.1 Å². The van der Waals surface area contributed by atoms with Crippen LogP contribution in [0.15, 0.2) is 0 Å². The summed E-state index contributed by atoms with van der Waals surface area (Å²) in [6, 6.07) is 0. The predicted molar refractivity (Wildman–Crippen MR) is 60.6 cm³/mol. The Bertz CT molecular complexity index is 247. The van der Waals surface area contributed by atoms with E-state index in [4.69, 9.17) is 15.6 Å². The summed E-state index contributed by atoms with van der Waals surface area (Å²) in [5.74, 6) is 2.58. The van der Waals surface area contributed by atoms with Crippen LogP contribution < -0.4 is 0 Å². The van der Waals surface area contributed by atoms with Crippen molar-refractivity contribution in [2.24, 2.45) is 0 Å². The normalized spacial score (nSPS) is 27.1. The molecule has 1 rings (SSSR count). The first-order valence-corrected chi connectivity index (χ1v) is 7.94. The zero-order valence-electron chi connectivity index (χ0n) is 9.76. The molecular weight excluding hydrogens is 192 g/mol. The van der Waals surface area contributed by atoms with Gasteiger partial charge in [0.2, 0.25) is 0 Å². The van der Waals surface area contributed by atoms with E-state index < -0.39 is 8.32 Å². The largest absolute Gasteiger partial charge is 0.414 e. The summed E-state index contributed by atoms with van der Waals surface area (Å²) in [4.78, 5) is 0. The summed E-state index contributed by atoms with van der Waals surface area (Å²) in [6.45, 7) is 11.8. The quantitative estimate of drug-likeness (QED) is 0.407. The maximum atomic E-state index is 5.97. The van der Waals surface area contributed by atoms with Crippen LogP contribution in [0.4, 0.5) is 0 Å². The maximum Gasteiger partial charge on any atom is 0.192 e. The lowest BCUT2D eigenvalue weighted by atomic mass is 10.2. The van der Waals surface area contributed by atoms with Gasteiger partial charge in [0.25, 0.3) is 0 Å². The van der Waals surface area contributed by atoms with Gasteiger partial charge in [-0.25, -0.2) is 0 Å². The lowest BCUT2D eigenvalue weighted by Gasteiger charge is -2.35. The molecule has 0 saturated carbocycles. The molecule has 1 fully saturated rings. The third-order valence-corrected chi connectivity index (χ3v) is 7.66. The minimum Gasteiger partial charge on any atom is -0.414 e. The molecule has 3 heteroatoms. The van der Waals surface area contributed by atoms with Crippen LogP contribution in [0, 0.1) is 12.3 Å². The third-order valence-electron chi connectivity index (χ3n) is 3.16. The molecular formula is C11H20O2Si. The first-order valence-electron chi connectivity index (χ1n) is 5.03. The fourth-order valence-electron chi connectivity index (χ4n) is 0.923. The molecule has 1 unspecified atom stereocenters. The van der Waals surface area contributed by atoms with E-state index in [-0.39, 0.29) is 17.2 Å². The van der Waals surface area contributed by atoms with Gasteiger partial charge in [-0.05, 0) is 18.1 Å². The van der Waals surface area contributed by atoms with E-state index in [0.717, 1.165) is 0 Å². The van der Waals surface area contributed by atoms with Crippen LogP contribution in [0.2, 0.25) is 18.1 Å². The summed E-state index contributed by atoms with van der Waals surface area (Å²) < 4.78 is 11.2. The van der Waals surface area contributed by atoms with Gasteiger partial charge in [0.1, 0.15) is 12.2 Å². The van der Waals surface area contributed by atoms with Gasteiger partial charge in [0, 0.05) is 0 Å². The van der Waals surface area contributed by atoms with Crippen molar-refractivity contribution in [3.8, 4) is 12.3 Å². The van der Waals surface area contributed by atoms with Crippen LogP contribution in [0.1, 0.15) is 20.8 Å². The fourth-order valence-corrected chi connectivity index (χ4v) is 1.94. The predicted octanol–water partition coefficient (Wildman–Crippen LogP) is 2.41. The molecule has 1 aliphatic heterocycles. The second-order valence-electron chi connectivity index (χ2n) is 5.33. The molecule has 0 aromatic carbocycles. The summed E-state index contributed by atoms with van der Waals surface area (Å²) in [6.07, 6.45) is 5.38. The van der Waals surface area contributed by atoms with Crippen molar-refractivity contribution in [1.82, 2.24) is 0 Å². The minimum absolute atomic E-state index is 0.000214. The van der Waals surface area contributed by atoms with Gasteiger partial charge in [0.15, 0.2) is 8.32 Å². The van der Waals surface area contributed by atoms with Crippen molar-refractivity contribution in [1.29, 1.82) is 0 Å². The molecule has 14 heavy (non-hydrogen) atoms.